The average molecular weight is 464 g/mol. The van der Waals surface area contributed by atoms with Crippen molar-refractivity contribution in [2.75, 3.05) is 17.2 Å². The summed E-state index contributed by atoms with van der Waals surface area (Å²) in [6.45, 7) is 5.08. The van der Waals surface area contributed by atoms with Gasteiger partial charge in [-0.2, -0.15) is 0 Å². The normalized spacial score (nSPS) is 11.1. The zero-order chi connectivity index (χ0) is 24.2. The Morgan fingerprint density at radius 2 is 1.74 bits per heavy atom. The van der Waals surface area contributed by atoms with Crippen molar-refractivity contribution in [3.8, 4) is 22.5 Å². The number of nitrogens with one attached hydrogen (secondary N) is 2. The molecule has 7 nitrogen and oxygen atoms in total. The standard InChI is InChI=1S/C28H25N5O2/c1-18(2)15-30-26-24-23(19-7-4-3-5-8-19)25(35-28(24)32-17-31-26)20-10-12-21(13-11-20)27(34)33-22-9-6-14-29-16-22/h3-14,16-18H,15H2,1-2H3,(H,33,34)(H,30,31,32). The molecule has 0 saturated heterocycles. The van der Waals surface area contributed by atoms with Crippen LogP contribution in [0.1, 0.15) is 24.2 Å². The van der Waals surface area contributed by atoms with Crippen molar-refractivity contribution in [2.45, 2.75) is 13.8 Å². The highest BCUT2D eigenvalue weighted by Gasteiger charge is 2.22. The lowest BCUT2D eigenvalue weighted by Crippen LogP contribution is -2.11. The second-order valence-electron chi connectivity index (χ2n) is 8.62. The van der Waals surface area contributed by atoms with Gasteiger partial charge in [0.1, 0.15) is 17.9 Å². The van der Waals surface area contributed by atoms with E-state index in [1.54, 1.807) is 36.7 Å². The summed E-state index contributed by atoms with van der Waals surface area (Å²) >= 11 is 0. The molecule has 0 radical (unpaired) electrons. The first-order valence-electron chi connectivity index (χ1n) is 11.5. The quantitative estimate of drug-likeness (QED) is 0.295. The Bertz CT molecular complexity index is 1450. The van der Waals surface area contributed by atoms with Crippen molar-refractivity contribution in [2.24, 2.45) is 5.92 Å². The lowest BCUT2D eigenvalue weighted by atomic mass is 9.98. The van der Waals surface area contributed by atoms with Gasteiger partial charge >= 0.3 is 0 Å². The molecule has 0 bridgehead atoms. The van der Waals surface area contributed by atoms with Crippen LogP contribution in [0.15, 0.2) is 89.9 Å². The highest BCUT2D eigenvalue weighted by atomic mass is 16.3. The Morgan fingerprint density at radius 3 is 2.46 bits per heavy atom. The molecule has 0 spiro atoms. The van der Waals surface area contributed by atoms with Crippen molar-refractivity contribution in [1.82, 2.24) is 15.0 Å². The number of carbonyl (C=O) groups excluding carboxylic acids is 1. The fraction of sp³-hybridized carbons (Fsp3) is 0.143. The van der Waals surface area contributed by atoms with Gasteiger partial charge in [-0.25, -0.2) is 9.97 Å². The molecule has 174 valence electrons. The van der Waals surface area contributed by atoms with E-state index in [9.17, 15) is 4.79 Å². The van der Waals surface area contributed by atoms with Crippen LogP contribution < -0.4 is 10.6 Å². The molecule has 5 rings (SSSR count). The molecule has 0 fully saturated rings. The predicted molar refractivity (Wildman–Crippen MR) is 138 cm³/mol. The fourth-order valence-electron chi connectivity index (χ4n) is 3.86. The summed E-state index contributed by atoms with van der Waals surface area (Å²) < 4.78 is 6.28. The smallest absolute Gasteiger partial charge is 0.255 e. The molecule has 2 aromatic carbocycles. The monoisotopic (exact) mass is 463 g/mol. The third kappa shape index (κ3) is 4.75. The van der Waals surface area contributed by atoms with Crippen LogP contribution >= 0.6 is 0 Å². The lowest BCUT2D eigenvalue weighted by molar-refractivity contribution is 0.102. The maximum Gasteiger partial charge on any atom is 0.255 e. The van der Waals surface area contributed by atoms with Gasteiger partial charge in [-0.1, -0.05) is 56.3 Å². The number of carbonyl (C=O) groups is 1. The number of benzene rings is 2. The highest BCUT2D eigenvalue weighted by Crippen LogP contribution is 2.42. The first kappa shape index (κ1) is 22.3. The second-order valence-corrected chi connectivity index (χ2v) is 8.62. The van der Waals surface area contributed by atoms with Crippen LogP contribution in [0.3, 0.4) is 0 Å². The van der Waals surface area contributed by atoms with Gasteiger partial charge in [0.25, 0.3) is 5.91 Å². The van der Waals surface area contributed by atoms with Crippen molar-refractivity contribution >= 4 is 28.5 Å². The van der Waals surface area contributed by atoms with Crippen LogP contribution in [0.25, 0.3) is 33.6 Å². The number of pyridine rings is 1. The number of hydrogen-bond donors (Lipinski definition) is 2. The topological polar surface area (TPSA) is 92.9 Å². The number of rotatable bonds is 7. The minimum atomic E-state index is -0.205. The fourth-order valence-corrected chi connectivity index (χ4v) is 3.86. The molecule has 0 aliphatic rings. The zero-order valence-electron chi connectivity index (χ0n) is 19.5. The molecule has 35 heavy (non-hydrogen) atoms. The van der Waals surface area contributed by atoms with Crippen molar-refractivity contribution in [3.63, 3.8) is 0 Å². The van der Waals surface area contributed by atoms with Crippen LogP contribution in [-0.4, -0.2) is 27.4 Å². The lowest BCUT2D eigenvalue weighted by Gasteiger charge is -2.10. The minimum absolute atomic E-state index is 0.205. The molecule has 0 saturated carbocycles. The molecule has 0 aliphatic heterocycles. The highest BCUT2D eigenvalue weighted by molar-refractivity contribution is 6.07. The Morgan fingerprint density at radius 1 is 0.943 bits per heavy atom. The van der Waals surface area contributed by atoms with E-state index in [1.165, 1.54) is 6.33 Å². The van der Waals surface area contributed by atoms with E-state index < -0.39 is 0 Å². The molecule has 3 heterocycles. The number of amides is 1. The van der Waals surface area contributed by atoms with Crippen LogP contribution in [0, 0.1) is 5.92 Å². The first-order chi connectivity index (χ1) is 17.1. The Balaban J connectivity index is 1.56. The number of aromatic nitrogens is 3. The predicted octanol–water partition coefficient (Wildman–Crippen LogP) is 6.27. The van der Waals surface area contributed by atoms with Gasteiger partial charge in [0.15, 0.2) is 0 Å². The minimum Gasteiger partial charge on any atom is -0.437 e. The molecular weight excluding hydrogens is 438 g/mol. The van der Waals surface area contributed by atoms with E-state index in [2.05, 4.69) is 39.4 Å². The van der Waals surface area contributed by atoms with Crippen molar-refractivity contribution < 1.29 is 9.21 Å². The van der Waals surface area contributed by atoms with Crippen molar-refractivity contribution in [3.05, 3.63) is 91.0 Å². The van der Waals surface area contributed by atoms with Crippen LogP contribution in [0.4, 0.5) is 11.5 Å². The zero-order valence-corrected chi connectivity index (χ0v) is 19.5. The van der Waals surface area contributed by atoms with Gasteiger partial charge in [0, 0.05) is 29.4 Å². The third-order valence-electron chi connectivity index (χ3n) is 5.56. The first-order valence-corrected chi connectivity index (χ1v) is 11.5. The van der Waals surface area contributed by atoms with Gasteiger partial charge in [-0.15, -0.1) is 0 Å². The van der Waals surface area contributed by atoms with E-state index in [0.29, 0.717) is 28.6 Å². The van der Waals surface area contributed by atoms with Crippen molar-refractivity contribution in [1.29, 1.82) is 0 Å². The summed E-state index contributed by atoms with van der Waals surface area (Å²) in [5, 5.41) is 7.14. The van der Waals surface area contributed by atoms with E-state index in [4.69, 9.17) is 4.42 Å². The molecule has 1 amide bonds. The summed E-state index contributed by atoms with van der Waals surface area (Å²) in [5.74, 6) is 1.67. The third-order valence-corrected chi connectivity index (χ3v) is 5.56. The Kier molecular flexibility index (Phi) is 6.22. The molecule has 0 atom stereocenters. The molecule has 5 aromatic rings. The van der Waals surface area contributed by atoms with Gasteiger partial charge in [0.2, 0.25) is 5.71 Å². The average Bonchev–Trinajstić information content (AvgIpc) is 3.29. The van der Waals surface area contributed by atoms with E-state index in [0.717, 1.165) is 34.4 Å². The summed E-state index contributed by atoms with van der Waals surface area (Å²) in [6, 6.07) is 21.0. The summed E-state index contributed by atoms with van der Waals surface area (Å²) in [4.78, 5) is 25.6. The molecule has 3 aromatic heterocycles. The SMILES string of the molecule is CC(C)CNc1ncnc2oc(-c3ccc(C(=O)Nc4cccnc4)cc3)c(-c3ccccc3)c12. The summed E-state index contributed by atoms with van der Waals surface area (Å²) in [6.07, 6.45) is 4.79. The summed E-state index contributed by atoms with van der Waals surface area (Å²) in [5.41, 5.74) is 4.45. The largest absolute Gasteiger partial charge is 0.437 e. The molecule has 2 N–H and O–H groups in total. The number of nitrogens with zero attached hydrogens (tertiary/aromatic N) is 3. The van der Waals surface area contributed by atoms with Gasteiger partial charge in [0.05, 0.1) is 17.3 Å². The maximum atomic E-state index is 12.7. The molecule has 7 heteroatoms. The molecular formula is C28H25N5O2. The Labute approximate surface area is 203 Å². The Hall–Kier alpha value is -4.52. The van der Waals surface area contributed by atoms with Crippen LogP contribution in [0.2, 0.25) is 0 Å². The van der Waals surface area contributed by atoms with E-state index >= 15 is 0 Å². The van der Waals surface area contributed by atoms with E-state index in [1.807, 2.05) is 42.5 Å². The van der Waals surface area contributed by atoms with Gasteiger partial charge in [-0.05, 0) is 35.7 Å². The number of furan rings is 1. The number of hydrogen-bond acceptors (Lipinski definition) is 6. The molecule has 0 unspecified atom stereocenters. The number of fused-ring (bicyclic) bond motifs is 1. The number of anilines is 2. The van der Waals surface area contributed by atoms with E-state index in [-0.39, 0.29) is 5.91 Å². The van der Waals surface area contributed by atoms with Gasteiger partial charge in [-0.3, -0.25) is 9.78 Å². The molecule has 0 aliphatic carbocycles. The van der Waals surface area contributed by atoms with Gasteiger partial charge < -0.3 is 15.1 Å². The summed E-state index contributed by atoms with van der Waals surface area (Å²) in [7, 11) is 0. The van der Waals surface area contributed by atoms with Crippen LogP contribution in [-0.2, 0) is 0 Å². The second kappa shape index (κ2) is 9.77. The van der Waals surface area contributed by atoms with Crippen LogP contribution in [0.5, 0.6) is 0 Å². The maximum absolute atomic E-state index is 12.7.